The fraction of sp³-hybridized carbons (Fsp3) is 0.154. The number of thioether (sulfide) groups is 1. The molecule has 0 radical (unpaired) electrons. The van der Waals surface area contributed by atoms with Crippen molar-refractivity contribution < 1.29 is 17.9 Å². The molecule has 1 amide bonds. The van der Waals surface area contributed by atoms with E-state index in [9.17, 15) is 13.2 Å². The van der Waals surface area contributed by atoms with Gasteiger partial charge < -0.3 is 15.0 Å². The third-order valence-corrected chi connectivity index (χ3v) is 7.91. The number of aryl methyl sites for hydroxylation is 1. The first-order valence-electron chi connectivity index (χ1n) is 11.0. The number of nitrogens with zero attached hydrogens (tertiary/aromatic N) is 1. The van der Waals surface area contributed by atoms with Crippen molar-refractivity contribution in [2.24, 2.45) is 0 Å². The number of amides is 1. The molecule has 180 valence electrons. The van der Waals surface area contributed by atoms with Gasteiger partial charge in [-0.2, -0.15) is 0 Å². The Morgan fingerprint density at radius 1 is 1.00 bits per heavy atom. The predicted octanol–water partition coefficient (Wildman–Crippen LogP) is 5.35. The molecule has 1 heterocycles. The van der Waals surface area contributed by atoms with Crippen LogP contribution in [0.2, 0.25) is 0 Å². The average molecular weight is 508 g/mol. The number of carbonyl (C=O) groups excluding carboxylic acids is 1. The Labute approximate surface area is 208 Å². The van der Waals surface area contributed by atoms with E-state index in [2.05, 4.69) is 15.3 Å². The van der Waals surface area contributed by atoms with E-state index in [1.54, 1.807) is 42.5 Å². The smallest absolute Gasteiger partial charge is 0.234 e. The summed E-state index contributed by atoms with van der Waals surface area (Å²) in [5.74, 6) is 0.856. The molecule has 4 rings (SSSR count). The minimum Gasteiger partial charge on any atom is -0.494 e. The minimum absolute atomic E-state index is 0.0112. The first-order valence-corrected chi connectivity index (χ1v) is 13.5. The summed E-state index contributed by atoms with van der Waals surface area (Å²) in [5.41, 5.74) is 2.46. The molecule has 0 saturated carbocycles. The van der Waals surface area contributed by atoms with Gasteiger partial charge in [-0.1, -0.05) is 59.8 Å². The van der Waals surface area contributed by atoms with Crippen molar-refractivity contribution in [2.45, 2.75) is 28.8 Å². The number of H-pyrrole nitrogens is 1. The number of aromatic nitrogens is 2. The Morgan fingerprint density at radius 3 is 2.34 bits per heavy atom. The van der Waals surface area contributed by atoms with Crippen molar-refractivity contribution in [1.82, 2.24) is 9.97 Å². The summed E-state index contributed by atoms with van der Waals surface area (Å²) in [6.07, 6.45) is 0. The van der Waals surface area contributed by atoms with E-state index in [0.717, 1.165) is 28.6 Å². The number of rotatable bonds is 9. The third kappa shape index (κ3) is 5.93. The zero-order valence-corrected chi connectivity index (χ0v) is 20.9. The second kappa shape index (κ2) is 10.8. The number of benzene rings is 3. The molecule has 0 fully saturated rings. The van der Waals surface area contributed by atoms with Gasteiger partial charge in [0.15, 0.2) is 5.03 Å². The summed E-state index contributed by atoms with van der Waals surface area (Å²) < 4.78 is 32.2. The third-order valence-electron chi connectivity index (χ3n) is 5.08. The second-order valence-corrected chi connectivity index (χ2v) is 10.5. The number of aromatic amines is 1. The molecule has 35 heavy (non-hydrogen) atoms. The molecule has 0 bridgehead atoms. The molecule has 4 aromatic rings. The van der Waals surface area contributed by atoms with Crippen molar-refractivity contribution in [1.29, 1.82) is 0 Å². The van der Waals surface area contributed by atoms with Crippen LogP contribution in [-0.2, 0) is 14.6 Å². The van der Waals surface area contributed by atoms with E-state index in [0.29, 0.717) is 18.1 Å². The molecule has 9 heteroatoms. The van der Waals surface area contributed by atoms with E-state index in [-0.39, 0.29) is 26.6 Å². The molecular weight excluding hydrogens is 482 g/mol. The SMILES string of the molecule is CCOc1ccc(NC(=O)CSc2nc(-c3ccc(C)cc3)[nH]c2S(=O)(=O)c2ccccc2)cc1. The highest BCUT2D eigenvalue weighted by molar-refractivity contribution is 8.00. The lowest BCUT2D eigenvalue weighted by Crippen LogP contribution is -2.14. The topological polar surface area (TPSA) is 101 Å². The largest absolute Gasteiger partial charge is 0.494 e. The summed E-state index contributed by atoms with van der Waals surface area (Å²) in [7, 11) is -3.87. The van der Waals surface area contributed by atoms with Crippen LogP contribution >= 0.6 is 11.8 Å². The molecule has 0 aliphatic heterocycles. The van der Waals surface area contributed by atoms with Gasteiger partial charge in [0.1, 0.15) is 16.6 Å². The van der Waals surface area contributed by atoms with Crippen molar-refractivity contribution in [3.8, 4) is 17.1 Å². The molecule has 1 aromatic heterocycles. The summed E-state index contributed by atoms with van der Waals surface area (Å²) in [5, 5.41) is 3.03. The Bertz CT molecular complexity index is 1400. The van der Waals surface area contributed by atoms with E-state index in [4.69, 9.17) is 4.74 Å². The molecule has 0 aliphatic rings. The molecule has 0 aliphatic carbocycles. The number of sulfone groups is 1. The standard InChI is InChI=1S/C26H25N3O4S2/c1-3-33-21-15-13-20(14-16-21)27-23(30)17-34-25-26(35(31,32)22-7-5-4-6-8-22)29-24(28-25)19-11-9-18(2)10-12-19/h4-16H,3,17H2,1-2H3,(H,27,30)(H,28,29). The monoisotopic (exact) mass is 507 g/mol. The number of hydrogen-bond donors (Lipinski definition) is 2. The normalized spacial score (nSPS) is 11.3. The molecule has 0 spiro atoms. The van der Waals surface area contributed by atoms with E-state index in [1.807, 2.05) is 38.1 Å². The van der Waals surface area contributed by atoms with Crippen LogP contribution in [0.25, 0.3) is 11.4 Å². The van der Waals surface area contributed by atoms with Crippen molar-refractivity contribution in [3.63, 3.8) is 0 Å². The molecular formula is C26H25N3O4S2. The molecule has 0 saturated heterocycles. The average Bonchev–Trinajstić information content (AvgIpc) is 3.30. The van der Waals surface area contributed by atoms with Crippen molar-refractivity contribution in [3.05, 3.63) is 84.4 Å². The van der Waals surface area contributed by atoms with E-state index < -0.39 is 9.84 Å². The number of nitrogens with one attached hydrogen (secondary N) is 2. The Kier molecular flexibility index (Phi) is 7.57. The number of hydrogen-bond acceptors (Lipinski definition) is 6. The molecule has 2 N–H and O–H groups in total. The zero-order chi connectivity index (χ0) is 24.8. The molecule has 0 unspecified atom stereocenters. The van der Waals surface area contributed by atoms with Gasteiger partial charge in [0.05, 0.1) is 17.3 Å². The fourth-order valence-electron chi connectivity index (χ4n) is 3.32. The van der Waals surface area contributed by atoms with Gasteiger partial charge >= 0.3 is 0 Å². The summed E-state index contributed by atoms with van der Waals surface area (Å²) in [6.45, 7) is 4.44. The Balaban J connectivity index is 1.58. The van der Waals surface area contributed by atoms with Gasteiger partial charge in [0, 0.05) is 11.3 Å². The second-order valence-electron chi connectivity index (χ2n) is 7.70. The number of imidazole rings is 1. The van der Waals surface area contributed by atoms with Crippen LogP contribution in [-0.4, -0.2) is 36.7 Å². The van der Waals surface area contributed by atoms with E-state index in [1.165, 1.54) is 12.1 Å². The lowest BCUT2D eigenvalue weighted by molar-refractivity contribution is -0.113. The van der Waals surface area contributed by atoms with Gasteiger partial charge in [-0.15, -0.1) is 0 Å². The van der Waals surface area contributed by atoms with E-state index >= 15 is 0 Å². The van der Waals surface area contributed by atoms with Crippen LogP contribution in [0.15, 0.2) is 93.8 Å². The van der Waals surface area contributed by atoms with Gasteiger partial charge in [-0.25, -0.2) is 13.4 Å². The lowest BCUT2D eigenvalue weighted by atomic mass is 10.1. The van der Waals surface area contributed by atoms with Gasteiger partial charge in [-0.3, -0.25) is 4.79 Å². The molecule has 7 nitrogen and oxygen atoms in total. The zero-order valence-electron chi connectivity index (χ0n) is 19.3. The highest BCUT2D eigenvalue weighted by atomic mass is 32.2. The summed E-state index contributed by atoms with van der Waals surface area (Å²) >= 11 is 1.07. The van der Waals surface area contributed by atoms with Gasteiger partial charge in [0.25, 0.3) is 0 Å². The number of carbonyl (C=O) groups is 1. The van der Waals surface area contributed by atoms with Crippen molar-refractivity contribution in [2.75, 3.05) is 17.7 Å². The van der Waals surface area contributed by atoms with Crippen LogP contribution in [0, 0.1) is 6.92 Å². The molecule has 0 atom stereocenters. The minimum atomic E-state index is -3.87. The maximum Gasteiger partial charge on any atom is 0.234 e. The highest BCUT2D eigenvalue weighted by Crippen LogP contribution is 2.32. The lowest BCUT2D eigenvalue weighted by Gasteiger charge is -2.07. The van der Waals surface area contributed by atoms with Crippen LogP contribution in [0.3, 0.4) is 0 Å². The summed E-state index contributed by atoms with van der Waals surface area (Å²) in [6, 6.07) is 22.8. The maximum absolute atomic E-state index is 13.4. The quantitative estimate of drug-likeness (QED) is 0.296. The van der Waals surface area contributed by atoms with Gasteiger partial charge in [0.2, 0.25) is 15.7 Å². The molecule has 3 aromatic carbocycles. The van der Waals surface area contributed by atoms with Crippen LogP contribution in [0.4, 0.5) is 5.69 Å². The number of anilines is 1. The number of ether oxygens (including phenoxy) is 1. The predicted molar refractivity (Wildman–Crippen MR) is 138 cm³/mol. The Hall–Kier alpha value is -3.56. The van der Waals surface area contributed by atoms with Crippen LogP contribution < -0.4 is 10.1 Å². The maximum atomic E-state index is 13.4. The first kappa shape index (κ1) is 24.6. The van der Waals surface area contributed by atoms with Crippen LogP contribution in [0.5, 0.6) is 5.75 Å². The first-order chi connectivity index (χ1) is 16.9. The Morgan fingerprint density at radius 2 is 1.69 bits per heavy atom. The summed E-state index contributed by atoms with van der Waals surface area (Å²) in [4.78, 5) is 20.3. The highest BCUT2D eigenvalue weighted by Gasteiger charge is 2.26. The van der Waals surface area contributed by atoms with Crippen molar-refractivity contribution >= 4 is 33.2 Å². The fourth-order valence-corrected chi connectivity index (χ4v) is 5.76. The van der Waals surface area contributed by atoms with Crippen LogP contribution in [0.1, 0.15) is 12.5 Å². The van der Waals surface area contributed by atoms with Gasteiger partial charge in [-0.05, 0) is 50.2 Å².